The zero-order chi connectivity index (χ0) is 20.9. The Morgan fingerprint density at radius 2 is 1.97 bits per heavy atom. The van der Waals surface area contributed by atoms with Crippen molar-refractivity contribution < 1.29 is 17.6 Å². The van der Waals surface area contributed by atoms with E-state index in [0.717, 1.165) is 18.6 Å². The van der Waals surface area contributed by atoms with Crippen molar-refractivity contribution >= 4 is 35.8 Å². The van der Waals surface area contributed by atoms with Gasteiger partial charge in [-0.2, -0.15) is 13.2 Å². The number of nitrogens with one attached hydrogen (secondary N) is 2. The molecule has 10 heteroatoms. The van der Waals surface area contributed by atoms with E-state index in [2.05, 4.69) is 20.6 Å². The summed E-state index contributed by atoms with van der Waals surface area (Å²) in [6.07, 6.45) is -1.99. The van der Waals surface area contributed by atoms with Crippen LogP contribution >= 0.6 is 24.0 Å². The average Bonchev–Trinajstić information content (AvgIpc) is 3.14. The highest BCUT2D eigenvalue weighted by molar-refractivity contribution is 14.0. The number of pyridine rings is 1. The molecule has 0 spiro atoms. The van der Waals surface area contributed by atoms with Crippen molar-refractivity contribution in [2.24, 2.45) is 4.99 Å². The van der Waals surface area contributed by atoms with Gasteiger partial charge in [0.15, 0.2) is 17.6 Å². The van der Waals surface area contributed by atoms with Crippen LogP contribution in [-0.2, 0) is 12.7 Å². The predicted octanol–water partition coefficient (Wildman–Crippen LogP) is 4.19. The Morgan fingerprint density at radius 1 is 1.23 bits per heavy atom. The molecule has 0 aliphatic carbocycles. The largest absolute Gasteiger partial charge is 0.416 e. The molecule has 2 heterocycles. The first-order chi connectivity index (χ1) is 13.9. The monoisotopic (exact) mass is 537 g/mol. The van der Waals surface area contributed by atoms with Crippen LogP contribution < -0.4 is 15.5 Å². The summed E-state index contributed by atoms with van der Waals surface area (Å²) < 4.78 is 51.9. The molecule has 0 bridgehead atoms. The van der Waals surface area contributed by atoms with Crippen LogP contribution in [0, 0.1) is 5.82 Å². The molecule has 2 aromatic rings. The van der Waals surface area contributed by atoms with E-state index in [9.17, 15) is 17.6 Å². The highest BCUT2D eigenvalue weighted by Crippen LogP contribution is 2.29. The van der Waals surface area contributed by atoms with Crippen molar-refractivity contribution in [1.82, 2.24) is 15.6 Å². The number of aromatic nitrogens is 1. The van der Waals surface area contributed by atoms with Gasteiger partial charge in [-0.15, -0.1) is 24.0 Å². The second-order valence-corrected chi connectivity index (χ2v) is 6.77. The lowest BCUT2D eigenvalue weighted by Gasteiger charge is -2.20. The van der Waals surface area contributed by atoms with Gasteiger partial charge in [-0.3, -0.25) is 0 Å². The van der Waals surface area contributed by atoms with Gasteiger partial charge in [-0.25, -0.2) is 14.4 Å². The Bertz CT molecular complexity index is 842. The molecule has 164 valence electrons. The van der Waals surface area contributed by atoms with Crippen LogP contribution in [0.25, 0.3) is 0 Å². The van der Waals surface area contributed by atoms with Gasteiger partial charge in [0.05, 0.1) is 12.1 Å². The molecule has 1 aliphatic heterocycles. The predicted molar refractivity (Wildman–Crippen MR) is 120 cm³/mol. The summed E-state index contributed by atoms with van der Waals surface area (Å²) in [5.41, 5.74) is 0.00173. The van der Waals surface area contributed by atoms with Crippen LogP contribution in [0.4, 0.5) is 23.4 Å². The summed E-state index contributed by atoms with van der Waals surface area (Å²) in [5.74, 6) is 0.556. The van der Waals surface area contributed by atoms with E-state index in [1.807, 2.05) is 11.8 Å². The lowest BCUT2D eigenvalue weighted by molar-refractivity contribution is -0.137. The van der Waals surface area contributed by atoms with E-state index in [-0.39, 0.29) is 42.4 Å². The van der Waals surface area contributed by atoms with E-state index in [1.165, 1.54) is 18.2 Å². The minimum Gasteiger partial charge on any atom is -0.357 e. The summed E-state index contributed by atoms with van der Waals surface area (Å²) in [6.45, 7) is 4.07. The molecule has 0 saturated carbocycles. The van der Waals surface area contributed by atoms with Crippen LogP contribution in [0.5, 0.6) is 0 Å². The Hall–Kier alpha value is -2.11. The van der Waals surface area contributed by atoms with Gasteiger partial charge in [-0.05, 0) is 43.2 Å². The van der Waals surface area contributed by atoms with E-state index in [4.69, 9.17) is 0 Å². The quantitative estimate of drug-likeness (QED) is 0.260. The lowest BCUT2D eigenvalue weighted by Crippen LogP contribution is -2.44. The Balaban J connectivity index is 0.00000320. The topological polar surface area (TPSA) is 52.6 Å². The Labute approximate surface area is 190 Å². The van der Waals surface area contributed by atoms with Crippen LogP contribution in [0.3, 0.4) is 0 Å². The van der Waals surface area contributed by atoms with Gasteiger partial charge in [-0.1, -0.05) is 12.1 Å². The number of anilines is 1. The smallest absolute Gasteiger partial charge is 0.357 e. The van der Waals surface area contributed by atoms with Crippen molar-refractivity contribution in [3.8, 4) is 0 Å². The van der Waals surface area contributed by atoms with Gasteiger partial charge in [0.1, 0.15) is 0 Å². The third-order valence-electron chi connectivity index (χ3n) is 4.61. The van der Waals surface area contributed by atoms with Crippen molar-refractivity contribution in [1.29, 1.82) is 0 Å². The molecule has 1 aromatic carbocycles. The van der Waals surface area contributed by atoms with Crippen molar-refractivity contribution in [3.05, 3.63) is 59.5 Å². The number of aliphatic imine (C=N–C) groups is 1. The minimum atomic E-state index is -4.35. The van der Waals surface area contributed by atoms with E-state index in [0.29, 0.717) is 37.0 Å². The SMILES string of the molecule is CCNC(=NCc1ccc(C(F)(F)F)cc1)NC1CCN(c2ncccc2F)C1.I. The van der Waals surface area contributed by atoms with Crippen molar-refractivity contribution in [2.45, 2.75) is 32.1 Å². The zero-order valence-electron chi connectivity index (χ0n) is 16.4. The Morgan fingerprint density at radius 3 is 2.60 bits per heavy atom. The molecule has 1 aliphatic rings. The molecular weight excluding hydrogens is 513 g/mol. The fourth-order valence-electron chi connectivity index (χ4n) is 3.16. The standard InChI is InChI=1S/C20H23F4N5.HI/c1-2-25-19(27-12-14-5-7-15(8-6-14)20(22,23)24)28-16-9-11-29(13-16)18-17(21)4-3-10-26-18;/h3-8,10,16H,2,9,11-13H2,1H3,(H2,25,27,28);1H. The minimum absolute atomic E-state index is 0. The van der Waals surface area contributed by atoms with Gasteiger partial charge in [0.2, 0.25) is 0 Å². The number of guanidine groups is 1. The van der Waals surface area contributed by atoms with Gasteiger partial charge in [0.25, 0.3) is 0 Å². The average molecular weight is 537 g/mol. The van der Waals surface area contributed by atoms with E-state index < -0.39 is 11.7 Å². The maximum Gasteiger partial charge on any atom is 0.416 e. The molecule has 30 heavy (non-hydrogen) atoms. The highest BCUT2D eigenvalue weighted by Gasteiger charge is 2.30. The molecule has 1 aromatic heterocycles. The highest BCUT2D eigenvalue weighted by atomic mass is 127. The third-order valence-corrected chi connectivity index (χ3v) is 4.61. The fraction of sp³-hybridized carbons (Fsp3) is 0.400. The first-order valence-corrected chi connectivity index (χ1v) is 9.43. The molecule has 0 amide bonds. The van der Waals surface area contributed by atoms with Crippen LogP contribution in [0.2, 0.25) is 0 Å². The second kappa shape index (κ2) is 10.8. The van der Waals surface area contributed by atoms with Crippen molar-refractivity contribution in [3.63, 3.8) is 0 Å². The van der Waals surface area contributed by atoms with Crippen molar-refractivity contribution in [2.75, 3.05) is 24.5 Å². The lowest BCUT2D eigenvalue weighted by atomic mass is 10.1. The summed E-state index contributed by atoms with van der Waals surface area (Å²) >= 11 is 0. The van der Waals surface area contributed by atoms with Gasteiger partial charge >= 0.3 is 6.18 Å². The zero-order valence-corrected chi connectivity index (χ0v) is 18.7. The number of nitrogens with zero attached hydrogens (tertiary/aromatic N) is 3. The first-order valence-electron chi connectivity index (χ1n) is 9.43. The number of hydrogen-bond donors (Lipinski definition) is 2. The van der Waals surface area contributed by atoms with E-state index in [1.54, 1.807) is 12.3 Å². The second-order valence-electron chi connectivity index (χ2n) is 6.77. The van der Waals surface area contributed by atoms with Crippen LogP contribution in [-0.4, -0.2) is 36.6 Å². The summed E-state index contributed by atoms with van der Waals surface area (Å²) in [7, 11) is 0. The normalized spacial score (nSPS) is 16.9. The van der Waals surface area contributed by atoms with E-state index >= 15 is 0 Å². The Kier molecular flexibility index (Phi) is 8.68. The number of halogens is 5. The summed E-state index contributed by atoms with van der Waals surface area (Å²) in [6, 6.07) is 7.97. The van der Waals surface area contributed by atoms with Gasteiger partial charge < -0.3 is 15.5 Å². The molecule has 1 atom stereocenters. The molecule has 0 radical (unpaired) electrons. The molecule has 1 fully saturated rings. The maximum atomic E-state index is 13.9. The molecule has 5 nitrogen and oxygen atoms in total. The number of rotatable bonds is 5. The molecule has 2 N–H and O–H groups in total. The first kappa shape index (κ1) is 24.2. The molecule has 1 unspecified atom stereocenters. The summed E-state index contributed by atoms with van der Waals surface area (Å²) in [5, 5.41) is 6.44. The molecule has 1 saturated heterocycles. The molecule has 3 rings (SSSR count). The fourth-order valence-corrected chi connectivity index (χ4v) is 3.16. The summed E-state index contributed by atoms with van der Waals surface area (Å²) in [4.78, 5) is 10.4. The number of alkyl halides is 3. The number of hydrogen-bond acceptors (Lipinski definition) is 3. The van der Waals surface area contributed by atoms with Crippen LogP contribution in [0.1, 0.15) is 24.5 Å². The van der Waals surface area contributed by atoms with Crippen LogP contribution in [0.15, 0.2) is 47.6 Å². The molecular formula is C20H24F4IN5. The number of benzene rings is 1. The van der Waals surface area contributed by atoms with Gasteiger partial charge in [0, 0.05) is 31.9 Å². The maximum absolute atomic E-state index is 13.9. The third kappa shape index (κ3) is 6.44.